The van der Waals surface area contributed by atoms with E-state index in [1.54, 1.807) is 24.3 Å². The van der Waals surface area contributed by atoms with Gasteiger partial charge >= 0.3 is 0 Å². The van der Waals surface area contributed by atoms with Crippen molar-refractivity contribution in [3.8, 4) is 23.0 Å². The number of benzene rings is 1. The van der Waals surface area contributed by atoms with Crippen molar-refractivity contribution in [3.05, 3.63) is 30.3 Å². The second-order valence-corrected chi connectivity index (χ2v) is 4.28. The number of phenols is 1. The van der Waals surface area contributed by atoms with E-state index in [-0.39, 0.29) is 5.75 Å². The number of anilines is 1. The molecule has 0 bridgehead atoms. The van der Waals surface area contributed by atoms with Crippen molar-refractivity contribution in [1.29, 1.82) is 0 Å². The molecule has 2 aromatic heterocycles. The van der Waals surface area contributed by atoms with Crippen LogP contribution in [0.4, 0.5) is 5.69 Å². The fourth-order valence-electron chi connectivity index (χ4n) is 1.98. The Balaban J connectivity index is 2.10. The Labute approximate surface area is 115 Å². The summed E-state index contributed by atoms with van der Waals surface area (Å²) in [7, 11) is 0. The average Bonchev–Trinajstić information content (AvgIpc) is 2.85. The highest BCUT2D eigenvalue weighted by Crippen LogP contribution is 2.32. The van der Waals surface area contributed by atoms with Gasteiger partial charge in [-0.25, -0.2) is 4.98 Å². The number of H-pyrrole nitrogens is 1. The second-order valence-electron chi connectivity index (χ2n) is 4.28. The molecule has 0 atom stereocenters. The smallest absolute Gasteiger partial charge is 0.215 e. The van der Waals surface area contributed by atoms with Gasteiger partial charge in [0.1, 0.15) is 11.6 Å². The van der Waals surface area contributed by atoms with E-state index in [1.807, 2.05) is 13.0 Å². The molecular formula is C14H14N4O2. The Bertz CT molecular complexity index is 767. The Kier molecular flexibility index (Phi) is 2.90. The molecule has 0 unspecified atom stereocenters. The average molecular weight is 270 g/mol. The number of rotatable bonds is 3. The van der Waals surface area contributed by atoms with Crippen molar-refractivity contribution in [2.24, 2.45) is 0 Å². The fraction of sp³-hybridized carbons (Fsp3) is 0.143. The molecule has 3 rings (SSSR count). The van der Waals surface area contributed by atoms with Crippen LogP contribution in [-0.4, -0.2) is 26.7 Å². The Morgan fingerprint density at radius 3 is 2.90 bits per heavy atom. The number of aromatic hydroxyl groups is 1. The number of nitrogens with two attached hydrogens (primary N) is 1. The molecule has 2 heterocycles. The van der Waals surface area contributed by atoms with Crippen molar-refractivity contribution in [3.63, 3.8) is 0 Å². The number of pyridine rings is 1. The molecule has 3 aromatic rings. The van der Waals surface area contributed by atoms with Crippen LogP contribution in [0, 0.1) is 0 Å². The summed E-state index contributed by atoms with van der Waals surface area (Å²) in [6, 6.07) is 8.75. The lowest BCUT2D eigenvalue weighted by molar-refractivity contribution is 0.328. The fourth-order valence-corrected chi connectivity index (χ4v) is 1.98. The first-order valence-electron chi connectivity index (χ1n) is 6.26. The summed E-state index contributed by atoms with van der Waals surface area (Å²) in [6.45, 7) is 2.44. The number of phenolic OH excluding ortho intramolecular Hbond substituents is 1. The molecule has 0 saturated heterocycles. The van der Waals surface area contributed by atoms with Gasteiger partial charge in [0.05, 0.1) is 23.4 Å². The molecule has 0 amide bonds. The van der Waals surface area contributed by atoms with Gasteiger partial charge in [0.25, 0.3) is 0 Å². The van der Waals surface area contributed by atoms with Gasteiger partial charge in [0.15, 0.2) is 5.65 Å². The third kappa shape index (κ3) is 2.01. The van der Waals surface area contributed by atoms with Crippen LogP contribution in [0.1, 0.15) is 6.92 Å². The maximum atomic E-state index is 9.98. The zero-order valence-electron chi connectivity index (χ0n) is 10.9. The van der Waals surface area contributed by atoms with Crippen LogP contribution in [0.2, 0.25) is 0 Å². The van der Waals surface area contributed by atoms with Gasteiger partial charge in [-0.2, -0.15) is 4.98 Å². The lowest BCUT2D eigenvalue weighted by Gasteiger charge is -2.03. The van der Waals surface area contributed by atoms with E-state index in [4.69, 9.17) is 10.5 Å². The molecule has 1 aromatic carbocycles. The van der Waals surface area contributed by atoms with Crippen LogP contribution in [0.3, 0.4) is 0 Å². The number of para-hydroxylation sites is 1. The van der Waals surface area contributed by atoms with E-state index in [2.05, 4.69) is 15.0 Å². The van der Waals surface area contributed by atoms with Crippen molar-refractivity contribution >= 4 is 16.9 Å². The minimum absolute atomic E-state index is 0.0107. The highest BCUT2D eigenvalue weighted by atomic mass is 16.5. The molecule has 0 aliphatic rings. The monoisotopic (exact) mass is 270 g/mol. The van der Waals surface area contributed by atoms with E-state index < -0.39 is 0 Å². The molecule has 0 aliphatic heterocycles. The highest BCUT2D eigenvalue weighted by Gasteiger charge is 2.12. The summed E-state index contributed by atoms with van der Waals surface area (Å²) in [5, 5.41) is 9.98. The largest absolute Gasteiger partial charge is 0.505 e. The Hall–Kier alpha value is -2.76. The van der Waals surface area contributed by atoms with Crippen LogP contribution in [0.5, 0.6) is 11.6 Å². The maximum Gasteiger partial charge on any atom is 0.215 e. The summed E-state index contributed by atoms with van der Waals surface area (Å²) < 4.78 is 5.34. The third-order valence-corrected chi connectivity index (χ3v) is 2.93. The molecule has 6 heteroatoms. The number of aromatic nitrogens is 3. The van der Waals surface area contributed by atoms with Crippen molar-refractivity contribution in [1.82, 2.24) is 15.0 Å². The summed E-state index contributed by atoms with van der Waals surface area (Å²) in [5.41, 5.74) is 7.85. The SMILES string of the molecule is CCOc1ccc2[nH]c(-c3cccc(N)c3O)nc2n1. The quantitative estimate of drug-likeness (QED) is 0.501. The first-order chi connectivity index (χ1) is 9.69. The molecule has 0 spiro atoms. The molecule has 0 fully saturated rings. The highest BCUT2D eigenvalue weighted by molar-refractivity contribution is 5.80. The van der Waals surface area contributed by atoms with Crippen LogP contribution in [-0.2, 0) is 0 Å². The number of hydrogen-bond donors (Lipinski definition) is 3. The standard InChI is InChI=1S/C14H14N4O2/c1-2-20-11-7-6-10-14(17-11)18-13(16-10)8-4-3-5-9(15)12(8)19/h3-7,19H,2,15H2,1H3,(H,16,17,18). The number of aromatic amines is 1. The number of fused-ring (bicyclic) bond motifs is 1. The molecule has 20 heavy (non-hydrogen) atoms. The van der Waals surface area contributed by atoms with E-state index >= 15 is 0 Å². The Morgan fingerprint density at radius 1 is 1.25 bits per heavy atom. The van der Waals surface area contributed by atoms with E-state index in [0.29, 0.717) is 35.2 Å². The molecule has 102 valence electrons. The number of nitrogens with zero attached hydrogens (tertiary/aromatic N) is 2. The lowest BCUT2D eigenvalue weighted by Crippen LogP contribution is -1.93. The molecule has 0 aliphatic carbocycles. The van der Waals surface area contributed by atoms with Gasteiger partial charge in [-0.15, -0.1) is 0 Å². The first-order valence-corrected chi connectivity index (χ1v) is 6.26. The van der Waals surface area contributed by atoms with Crippen LogP contribution in [0.15, 0.2) is 30.3 Å². The summed E-state index contributed by atoms with van der Waals surface area (Å²) in [5.74, 6) is 1.05. The van der Waals surface area contributed by atoms with Crippen LogP contribution in [0.25, 0.3) is 22.6 Å². The van der Waals surface area contributed by atoms with Gasteiger partial charge < -0.3 is 20.6 Å². The third-order valence-electron chi connectivity index (χ3n) is 2.93. The van der Waals surface area contributed by atoms with E-state index in [1.165, 1.54) is 0 Å². The van der Waals surface area contributed by atoms with Crippen LogP contribution < -0.4 is 10.5 Å². The van der Waals surface area contributed by atoms with Crippen molar-refractivity contribution < 1.29 is 9.84 Å². The number of ether oxygens (including phenoxy) is 1. The first kappa shape index (κ1) is 12.3. The van der Waals surface area contributed by atoms with Gasteiger partial charge in [0.2, 0.25) is 5.88 Å². The predicted octanol–water partition coefficient (Wildman–Crippen LogP) is 2.31. The number of nitrogen functional groups attached to an aromatic ring is 1. The van der Waals surface area contributed by atoms with E-state index in [9.17, 15) is 5.11 Å². The molecular weight excluding hydrogens is 256 g/mol. The summed E-state index contributed by atoms with van der Waals surface area (Å²) in [6.07, 6.45) is 0. The minimum atomic E-state index is 0.0107. The molecule has 6 nitrogen and oxygen atoms in total. The zero-order valence-corrected chi connectivity index (χ0v) is 10.9. The van der Waals surface area contributed by atoms with Gasteiger partial charge in [-0.05, 0) is 25.1 Å². The maximum absolute atomic E-state index is 9.98. The van der Waals surface area contributed by atoms with Crippen LogP contribution >= 0.6 is 0 Å². The topological polar surface area (TPSA) is 97.0 Å². The van der Waals surface area contributed by atoms with Crippen molar-refractivity contribution in [2.45, 2.75) is 6.92 Å². The number of hydrogen-bond acceptors (Lipinski definition) is 5. The Morgan fingerprint density at radius 2 is 2.10 bits per heavy atom. The number of nitrogens with one attached hydrogen (secondary N) is 1. The van der Waals surface area contributed by atoms with Gasteiger partial charge in [-0.1, -0.05) is 6.07 Å². The van der Waals surface area contributed by atoms with Crippen molar-refractivity contribution in [2.75, 3.05) is 12.3 Å². The number of imidazole rings is 1. The molecule has 0 radical (unpaired) electrons. The normalized spacial score (nSPS) is 10.8. The van der Waals surface area contributed by atoms with E-state index in [0.717, 1.165) is 5.52 Å². The summed E-state index contributed by atoms with van der Waals surface area (Å²) >= 11 is 0. The van der Waals surface area contributed by atoms with Gasteiger partial charge in [0, 0.05) is 6.07 Å². The predicted molar refractivity (Wildman–Crippen MR) is 76.6 cm³/mol. The second kappa shape index (κ2) is 4.73. The lowest BCUT2D eigenvalue weighted by atomic mass is 10.1. The molecule has 4 N–H and O–H groups in total. The minimum Gasteiger partial charge on any atom is -0.505 e. The summed E-state index contributed by atoms with van der Waals surface area (Å²) in [4.78, 5) is 11.8. The van der Waals surface area contributed by atoms with Gasteiger partial charge in [-0.3, -0.25) is 0 Å². The zero-order chi connectivity index (χ0) is 14.1. The molecule has 0 saturated carbocycles.